The maximum absolute atomic E-state index is 12.9. The number of rotatable bonds is 7. The largest absolute Gasteiger partial charge is 0.497 e. The van der Waals surface area contributed by atoms with Gasteiger partial charge in [0.15, 0.2) is 0 Å². The molecule has 0 fully saturated rings. The van der Waals surface area contributed by atoms with Crippen LogP contribution in [0.1, 0.15) is 49.7 Å². The van der Waals surface area contributed by atoms with Gasteiger partial charge in [-0.25, -0.2) is 4.79 Å². The van der Waals surface area contributed by atoms with Crippen LogP contribution in [0.25, 0.3) is 17.0 Å². The summed E-state index contributed by atoms with van der Waals surface area (Å²) in [5, 5.41) is 7.35. The van der Waals surface area contributed by atoms with E-state index in [9.17, 15) is 4.79 Å². The Bertz CT molecular complexity index is 1130. The molecule has 4 rings (SSSR count). The maximum atomic E-state index is 12.9. The van der Waals surface area contributed by atoms with Crippen molar-refractivity contribution in [3.05, 3.63) is 71.2 Å². The average Bonchev–Trinajstić information content (AvgIpc) is 3.29. The number of carbonyl (C=O) groups is 1. The van der Waals surface area contributed by atoms with Crippen LogP contribution in [-0.4, -0.2) is 34.7 Å². The molecular formula is C25H28N4O3. The number of aryl methyl sites for hydroxylation is 1. The molecule has 1 aromatic heterocycles. The number of amides is 2. The number of nitrogens with one attached hydrogen (secondary N) is 1. The van der Waals surface area contributed by atoms with Gasteiger partial charge in [-0.1, -0.05) is 60.5 Å². The zero-order valence-electron chi connectivity index (χ0n) is 18.9. The first kappa shape index (κ1) is 21.6. The molecule has 0 saturated heterocycles. The number of allylic oxidation sites excluding steroid dienone is 1. The van der Waals surface area contributed by atoms with Crippen LogP contribution >= 0.6 is 0 Å². The number of nitrogens with zero attached hydrogens (tertiary/aromatic N) is 3. The van der Waals surface area contributed by atoms with E-state index in [-0.39, 0.29) is 12.1 Å². The van der Waals surface area contributed by atoms with E-state index in [1.165, 1.54) is 0 Å². The van der Waals surface area contributed by atoms with Crippen LogP contribution < -0.4 is 10.1 Å². The fourth-order valence-corrected chi connectivity index (χ4v) is 3.87. The molecule has 166 valence electrons. The standard InChI is InChI=1S/C25H28N4O3/c1-5-6-14-29-17(3)21(22(26-25(29)30)18-12-10-16(2)11-13-18)24-27-23(28-32-24)19-8-7-9-20(15-19)31-4/h7-13,15,22H,5-6,14H2,1-4H3,(H,26,30). The molecule has 32 heavy (non-hydrogen) atoms. The number of unbranched alkanes of at least 4 members (excludes halogenated alkanes) is 1. The number of ether oxygens (including phenoxy) is 1. The molecule has 1 unspecified atom stereocenters. The second-order valence-electron chi connectivity index (χ2n) is 7.95. The second-order valence-corrected chi connectivity index (χ2v) is 7.95. The van der Waals surface area contributed by atoms with Crippen LogP contribution in [0.3, 0.4) is 0 Å². The molecule has 0 bridgehead atoms. The van der Waals surface area contributed by atoms with Gasteiger partial charge in [-0.05, 0) is 38.0 Å². The summed E-state index contributed by atoms with van der Waals surface area (Å²) in [7, 11) is 1.62. The minimum absolute atomic E-state index is 0.113. The summed E-state index contributed by atoms with van der Waals surface area (Å²) >= 11 is 0. The van der Waals surface area contributed by atoms with E-state index in [0.717, 1.165) is 46.6 Å². The van der Waals surface area contributed by atoms with Gasteiger partial charge in [0.05, 0.1) is 18.7 Å². The van der Waals surface area contributed by atoms with Crippen molar-refractivity contribution in [2.24, 2.45) is 0 Å². The SMILES string of the molecule is CCCCN1C(=O)NC(c2ccc(C)cc2)C(c2nc(-c3cccc(OC)c3)no2)=C1C. The Morgan fingerprint density at radius 3 is 2.66 bits per heavy atom. The molecule has 0 saturated carbocycles. The zero-order valence-corrected chi connectivity index (χ0v) is 18.9. The third kappa shape index (κ3) is 4.23. The average molecular weight is 433 g/mol. The molecule has 7 heteroatoms. The van der Waals surface area contributed by atoms with Gasteiger partial charge in [0.25, 0.3) is 5.89 Å². The van der Waals surface area contributed by atoms with Crippen LogP contribution in [0.5, 0.6) is 5.75 Å². The van der Waals surface area contributed by atoms with Crippen molar-refractivity contribution in [2.75, 3.05) is 13.7 Å². The normalized spacial score (nSPS) is 16.3. The molecule has 2 amide bonds. The number of benzene rings is 2. The maximum Gasteiger partial charge on any atom is 0.322 e. The highest BCUT2D eigenvalue weighted by Gasteiger charge is 2.35. The Kier molecular flexibility index (Phi) is 6.25. The fraction of sp³-hybridized carbons (Fsp3) is 0.320. The highest BCUT2D eigenvalue weighted by molar-refractivity contribution is 5.86. The van der Waals surface area contributed by atoms with Crippen LogP contribution in [0, 0.1) is 6.92 Å². The molecule has 2 heterocycles. The van der Waals surface area contributed by atoms with E-state index in [4.69, 9.17) is 14.2 Å². The van der Waals surface area contributed by atoms with Crippen LogP contribution in [0.15, 0.2) is 58.8 Å². The van der Waals surface area contributed by atoms with Gasteiger partial charge in [0.1, 0.15) is 5.75 Å². The van der Waals surface area contributed by atoms with Crippen molar-refractivity contribution in [1.29, 1.82) is 0 Å². The summed E-state index contributed by atoms with van der Waals surface area (Å²) in [6.45, 7) is 6.72. The number of carbonyl (C=O) groups excluding carboxylic acids is 1. The van der Waals surface area contributed by atoms with Gasteiger partial charge in [-0.2, -0.15) is 4.98 Å². The van der Waals surface area contributed by atoms with Gasteiger partial charge in [0.2, 0.25) is 5.82 Å². The van der Waals surface area contributed by atoms with E-state index >= 15 is 0 Å². The third-order valence-electron chi connectivity index (χ3n) is 5.73. The van der Waals surface area contributed by atoms with Gasteiger partial charge in [-0.3, -0.25) is 4.90 Å². The summed E-state index contributed by atoms with van der Waals surface area (Å²) in [5.41, 5.74) is 4.56. The quantitative estimate of drug-likeness (QED) is 0.544. The molecule has 1 atom stereocenters. The minimum Gasteiger partial charge on any atom is -0.497 e. The van der Waals surface area contributed by atoms with Gasteiger partial charge in [0, 0.05) is 17.8 Å². The molecule has 1 aliphatic heterocycles. The Balaban J connectivity index is 1.79. The molecule has 3 aromatic rings. The molecular weight excluding hydrogens is 404 g/mol. The van der Waals surface area contributed by atoms with Gasteiger partial charge >= 0.3 is 6.03 Å². The lowest BCUT2D eigenvalue weighted by molar-refractivity contribution is 0.204. The van der Waals surface area contributed by atoms with E-state index in [1.807, 2.05) is 62.4 Å². The molecule has 1 N–H and O–H groups in total. The highest BCUT2D eigenvalue weighted by Crippen LogP contribution is 2.37. The minimum atomic E-state index is -0.375. The first-order chi connectivity index (χ1) is 15.5. The summed E-state index contributed by atoms with van der Waals surface area (Å²) in [6, 6.07) is 15.2. The Morgan fingerprint density at radius 1 is 1.16 bits per heavy atom. The predicted octanol–water partition coefficient (Wildman–Crippen LogP) is 5.35. The van der Waals surface area contributed by atoms with Crippen molar-refractivity contribution >= 4 is 11.6 Å². The molecule has 7 nitrogen and oxygen atoms in total. The van der Waals surface area contributed by atoms with Gasteiger partial charge < -0.3 is 14.6 Å². The fourth-order valence-electron chi connectivity index (χ4n) is 3.87. The molecule has 2 aromatic carbocycles. The lowest BCUT2D eigenvalue weighted by atomic mass is 9.94. The van der Waals surface area contributed by atoms with Crippen molar-refractivity contribution in [3.8, 4) is 17.1 Å². The van der Waals surface area contributed by atoms with E-state index in [0.29, 0.717) is 18.3 Å². The number of hydrogen-bond acceptors (Lipinski definition) is 5. The number of aromatic nitrogens is 2. The summed E-state index contributed by atoms with van der Waals surface area (Å²) in [4.78, 5) is 19.4. The number of urea groups is 1. The smallest absolute Gasteiger partial charge is 0.322 e. The summed E-state index contributed by atoms with van der Waals surface area (Å²) < 4.78 is 11.0. The van der Waals surface area contributed by atoms with Crippen molar-refractivity contribution in [3.63, 3.8) is 0 Å². The van der Waals surface area contributed by atoms with E-state index in [1.54, 1.807) is 12.0 Å². The first-order valence-corrected chi connectivity index (χ1v) is 10.9. The number of hydrogen-bond donors (Lipinski definition) is 1. The molecule has 0 radical (unpaired) electrons. The second kappa shape index (κ2) is 9.26. The Labute approximate surface area is 188 Å². The van der Waals surface area contributed by atoms with Crippen molar-refractivity contribution in [2.45, 2.75) is 39.7 Å². The van der Waals surface area contributed by atoms with Crippen molar-refractivity contribution in [1.82, 2.24) is 20.4 Å². The first-order valence-electron chi connectivity index (χ1n) is 10.9. The van der Waals surface area contributed by atoms with Crippen LogP contribution in [0.2, 0.25) is 0 Å². The van der Waals surface area contributed by atoms with Gasteiger partial charge in [-0.15, -0.1) is 0 Å². The summed E-state index contributed by atoms with van der Waals surface area (Å²) in [5.74, 6) is 1.59. The third-order valence-corrected chi connectivity index (χ3v) is 5.73. The van der Waals surface area contributed by atoms with E-state index in [2.05, 4.69) is 17.4 Å². The molecule has 0 spiro atoms. The highest BCUT2D eigenvalue weighted by atomic mass is 16.5. The molecule has 1 aliphatic rings. The lowest BCUT2D eigenvalue weighted by Crippen LogP contribution is -2.46. The number of methoxy groups -OCH3 is 1. The lowest BCUT2D eigenvalue weighted by Gasteiger charge is -2.35. The zero-order chi connectivity index (χ0) is 22.7. The monoisotopic (exact) mass is 432 g/mol. The topological polar surface area (TPSA) is 80.5 Å². The van der Waals surface area contributed by atoms with Crippen molar-refractivity contribution < 1.29 is 14.1 Å². The Morgan fingerprint density at radius 2 is 1.94 bits per heavy atom. The van der Waals surface area contributed by atoms with E-state index < -0.39 is 0 Å². The predicted molar refractivity (Wildman–Crippen MR) is 123 cm³/mol. The van der Waals surface area contributed by atoms with Crippen LogP contribution in [0.4, 0.5) is 4.79 Å². The summed E-state index contributed by atoms with van der Waals surface area (Å²) in [6.07, 6.45) is 1.90. The van der Waals surface area contributed by atoms with Crippen LogP contribution in [-0.2, 0) is 0 Å². The molecule has 0 aliphatic carbocycles. The Hall–Kier alpha value is -3.61.